The van der Waals surface area contributed by atoms with Crippen LogP contribution in [0.2, 0.25) is 0 Å². The molecule has 0 saturated heterocycles. The van der Waals surface area contributed by atoms with Crippen molar-refractivity contribution >= 4 is 33.1 Å². The Bertz CT molecular complexity index is 515. The smallest absolute Gasteiger partial charge is 0.301 e. The van der Waals surface area contributed by atoms with Gasteiger partial charge in [-0.05, 0) is 11.4 Å². The number of hydrogen-bond donors (Lipinski definition) is 1. The lowest BCUT2D eigenvalue weighted by molar-refractivity contribution is -0.385. The highest BCUT2D eigenvalue weighted by atomic mass is 32.1. The van der Waals surface area contributed by atoms with Crippen LogP contribution in [-0.2, 0) is 0 Å². The highest BCUT2D eigenvalue weighted by Gasteiger charge is 2.21. The van der Waals surface area contributed by atoms with Gasteiger partial charge in [0.25, 0.3) is 5.91 Å². The van der Waals surface area contributed by atoms with Crippen LogP contribution in [-0.4, -0.2) is 15.8 Å². The Morgan fingerprint density at radius 1 is 1.60 bits per heavy atom. The standard InChI is InChI=1S/C8H5N3O3S/c9-7(12)6-5(11(13)14)3-4-1-2-15-8(4)10-6/h1-3H,(H2,9,12). The van der Waals surface area contributed by atoms with Crippen molar-refractivity contribution in [3.05, 3.63) is 33.3 Å². The molecule has 7 heteroatoms. The van der Waals surface area contributed by atoms with Gasteiger partial charge in [-0.2, -0.15) is 0 Å². The second-order valence-corrected chi connectivity index (χ2v) is 3.69. The van der Waals surface area contributed by atoms with Crippen molar-refractivity contribution < 1.29 is 9.72 Å². The van der Waals surface area contributed by atoms with E-state index in [4.69, 9.17) is 5.73 Å². The minimum atomic E-state index is -0.892. The maximum atomic E-state index is 11.0. The molecule has 6 nitrogen and oxygen atoms in total. The molecular weight excluding hydrogens is 218 g/mol. The van der Waals surface area contributed by atoms with E-state index in [-0.39, 0.29) is 11.4 Å². The number of amides is 1. The molecule has 0 aliphatic heterocycles. The second kappa shape index (κ2) is 3.28. The molecule has 0 aliphatic rings. The molecule has 2 heterocycles. The topological polar surface area (TPSA) is 99.1 Å². The summed E-state index contributed by atoms with van der Waals surface area (Å²) in [5, 5.41) is 13.0. The summed E-state index contributed by atoms with van der Waals surface area (Å²) in [5.41, 5.74) is 4.36. The number of nitrogens with zero attached hydrogens (tertiary/aromatic N) is 2. The molecule has 2 N–H and O–H groups in total. The number of carbonyl (C=O) groups excluding carboxylic acids is 1. The van der Waals surface area contributed by atoms with Crippen molar-refractivity contribution in [3.63, 3.8) is 0 Å². The Morgan fingerprint density at radius 2 is 2.33 bits per heavy atom. The highest BCUT2D eigenvalue weighted by molar-refractivity contribution is 7.16. The van der Waals surface area contributed by atoms with Gasteiger partial charge in [-0.25, -0.2) is 4.98 Å². The van der Waals surface area contributed by atoms with Gasteiger partial charge in [0.05, 0.1) is 4.92 Å². The van der Waals surface area contributed by atoms with Crippen LogP contribution in [0.15, 0.2) is 17.5 Å². The highest BCUT2D eigenvalue weighted by Crippen LogP contribution is 2.25. The van der Waals surface area contributed by atoms with Crippen LogP contribution in [0.4, 0.5) is 5.69 Å². The van der Waals surface area contributed by atoms with Gasteiger partial charge in [-0.3, -0.25) is 14.9 Å². The molecule has 0 aliphatic carbocycles. The number of pyridine rings is 1. The van der Waals surface area contributed by atoms with E-state index in [2.05, 4.69) is 4.98 Å². The van der Waals surface area contributed by atoms with Gasteiger partial charge in [0.1, 0.15) is 4.83 Å². The second-order valence-electron chi connectivity index (χ2n) is 2.79. The maximum Gasteiger partial charge on any atom is 0.301 e. The van der Waals surface area contributed by atoms with Gasteiger partial charge < -0.3 is 5.73 Å². The van der Waals surface area contributed by atoms with Gasteiger partial charge in [-0.1, -0.05) is 0 Å². The average molecular weight is 223 g/mol. The third-order valence-electron chi connectivity index (χ3n) is 1.85. The van der Waals surface area contributed by atoms with Crippen LogP contribution in [0.3, 0.4) is 0 Å². The summed E-state index contributed by atoms with van der Waals surface area (Å²) in [6.45, 7) is 0. The van der Waals surface area contributed by atoms with Crippen molar-refractivity contribution in [2.45, 2.75) is 0 Å². The SMILES string of the molecule is NC(=O)c1nc2sccc2cc1[N+](=O)[O-]. The first-order valence-corrected chi connectivity index (χ1v) is 4.80. The normalized spacial score (nSPS) is 10.4. The van der Waals surface area contributed by atoms with Crippen LogP contribution in [0.25, 0.3) is 10.2 Å². The van der Waals surface area contributed by atoms with E-state index in [0.717, 1.165) is 0 Å². The zero-order chi connectivity index (χ0) is 11.0. The zero-order valence-electron chi connectivity index (χ0n) is 7.34. The molecule has 2 aromatic heterocycles. The molecule has 0 aromatic carbocycles. The number of rotatable bonds is 2. The van der Waals surface area contributed by atoms with E-state index in [1.165, 1.54) is 17.4 Å². The Morgan fingerprint density at radius 3 is 2.93 bits per heavy atom. The number of nitro groups is 1. The van der Waals surface area contributed by atoms with Crippen molar-refractivity contribution in [1.82, 2.24) is 4.98 Å². The summed E-state index contributed by atoms with van der Waals surface area (Å²) in [5.74, 6) is -0.892. The summed E-state index contributed by atoms with van der Waals surface area (Å²) in [7, 11) is 0. The first-order chi connectivity index (χ1) is 7.09. The average Bonchev–Trinajstić information content (AvgIpc) is 2.61. The third kappa shape index (κ3) is 1.52. The van der Waals surface area contributed by atoms with E-state index in [0.29, 0.717) is 10.2 Å². The van der Waals surface area contributed by atoms with E-state index in [9.17, 15) is 14.9 Å². The molecular formula is C8H5N3O3S. The van der Waals surface area contributed by atoms with Gasteiger partial charge in [0.2, 0.25) is 5.69 Å². The minimum Gasteiger partial charge on any atom is -0.364 e. The number of primary amides is 1. The quantitative estimate of drug-likeness (QED) is 0.612. The lowest BCUT2D eigenvalue weighted by Crippen LogP contribution is -2.15. The molecule has 76 valence electrons. The zero-order valence-corrected chi connectivity index (χ0v) is 8.15. The molecule has 0 unspecified atom stereocenters. The van der Waals surface area contributed by atoms with E-state index in [1.54, 1.807) is 11.4 Å². The van der Waals surface area contributed by atoms with Crippen LogP contribution in [0.1, 0.15) is 10.5 Å². The minimum absolute atomic E-state index is 0.296. The van der Waals surface area contributed by atoms with Crippen molar-refractivity contribution in [2.24, 2.45) is 5.73 Å². The lowest BCUT2D eigenvalue weighted by atomic mass is 10.2. The Kier molecular flexibility index (Phi) is 2.09. The summed E-state index contributed by atoms with van der Waals surface area (Å²) >= 11 is 1.30. The molecule has 0 spiro atoms. The van der Waals surface area contributed by atoms with Gasteiger partial charge in [0.15, 0.2) is 0 Å². The fraction of sp³-hybridized carbons (Fsp3) is 0. The number of aromatic nitrogens is 1. The fourth-order valence-electron chi connectivity index (χ4n) is 1.21. The lowest BCUT2D eigenvalue weighted by Gasteiger charge is -1.97. The summed E-state index contributed by atoms with van der Waals surface area (Å²) in [4.78, 5) is 25.4. The first-order valence-electron chi connectivity index (χ1n) is 3.92. The van der Waals surface area contributed by atoms with E-state index in [1.807, 2.05) is 0 Å². The van der Waals surface area contributed by atoms with Crippen molar-refractivity contribution in [1.29, 1.82) is 0 Å². The molecule has 1 amide bonds. The summed E-state index contributed by atoms with van der Waals surface area (Å²) < 4.78 is 0. The first kappa shape index (κ1) is 9.53. The number of carbonyl (C=O) groups is 1. The molecule has 0 atom stereocenters. The maximum absolute atomic E-state index is 11.0. The Balaban J connectivity index is 2.79. The Hall–Kier alpha value is -2.02. The number of fused-ring (bicyclic) bond motifs is 1. The predicted molar refractivity (Wildman–Crippen MR) is 54.8 cm³/mol. The molecule has 0 bridgehead atoms. The van der Waals surface area contributed by atoms with Crippen LogP contribution in [0.5, 0.6) is 0 Å². The molecule has 0 fully saturated rings. The number of thiophene rings is 1. The molecule has 0 radical (unpaired) electrons. The van der Waals surface area contributed by atoms with Gasteiger partial charge in [-0.15, -0.1) is 11.3 Å². The molecule has 15 heavy (non-hydrogen) atoms. The van der Waals surface area contributed by atoms with Gasteiger partial charge in [0, 0.05) is 11.5 Å². The predicted octanol–water partition coefficient (Wildman–Crippen LogP) is 1.30. The fourth-order valence-corrected chi connectivity index (χ4v) is 1.96. The van der Waals surface area contributed by atoms with Crippen LogP contribution < -0.4 is 5.73 Å². The third-order valence-corrected chi connectivity index (χ3v) is 2.67. The molecule has 2 rings (SSSR count). The van der Waals surface area contributed by atoms with E-state index >= 15 is 0 Å². The number of hydrogen-bond acceptors (Lipinski definition) is 5. The number of nitrogens with two attached hydrogens (primary N) is 1. The van der Waals surface area contributed by atoms with Crippen molar-refractivity contribution in [2.75, 3.05) is 0 Å². The molecule has 2 aromatic rings. The van der Waals surface area contributed by atoms with Crippen LogP contribution >= 0.6 is 11.3 Å². The van der Waals surface area contributed by atoms with Crippen molar-refractivity contribution in [3.8, 4) is 0 Å². The Labute approximate surface area is 87.5 Å². The summed E-state index contributed by atoms with van der Waals surface area (Å²) in [6.07, 6.45) is 0. The summed E-state index contributed by atoms with van der Waals surface area (Å²) in [6, 6.07) is 3.00. The van der Waals surface area contributed by atoms with Gasteiger partial charge >= 0.3 is 5.69 Å². The van der Waals surface area contributed by atoms with Crippen LogP contribution in [0, 0.1) is 10.1 Å². The largest absolute Gasteiger partial charge is 0.364 e. The van der Waals surface area contributed by atoms with E-state index < -0.39 is 10.8 Å². The molecule has 0 saturated carbocycles. The monoisotopic (exact) mass is 223 g/mol.